The molecule has 2 heterocycles. The van der Waals surface area contributed by atoms with Crippen LogP contribution in [0.5, 0.6) is 0 Å². The van der Waals surface area contributed by atoms with Crippen molar-refractivity contribution in [2.75, 3.05) is 13.7 Å². The number of nitrogens with zero attached hydrogens (tertiary/aromatic N) is 1. The largest absolute Gasteiger partial charge is 0.789 e. The molecule has 0 bridgehead atoms. The van der Waals surface area contributed by atoms with Crippen molar-refractivity contribution in [1.82, 2.24) is 20.8 Å². The molecule has 0 aliphatic carbocycles. The van der Waals surface area contributed by atoms with Crippen LogP contribution in [0.25, 0.3) is 0 Å². The fourth-order valence-corrected chi connectivity index (χ4v) is 4.03. The van der Waals surface area contributed by atoms with Crippen LogP contribution in [0.15, 0.2) is 21.9 Å². The molecule has 148 valence electrons. The van der Waals surface area contributed by atoms with E-state index < -0.39 is 42.2 Å². The number of carbonyl (C=O) groups is 1. The molecule has 1 aliphatic heterocycles. The summed E-state index contributed by atoms with van der Waals surface area (Å²) in [7, 11) is 1.21. The maximum absolute atomic E-state index is 12.2. The molecule has 0 amide bonds. The van der Waals surface area contributed by atoms with Crippen LogP contribution in [-0.4, -0.2) is 41.4 Å². The average molecular weight is 410 g/mol. The minimum Gasteiger partial charge on any atom is -0.789 e. The molecule has 0 spiro atoms. The van der Waals surface area contributed by atoms with E-state index in [2.05, 4.69) is 14.8 Å². The van der Waals surface area contributed by atoms with Gasteiger partial charge in [-0.25, -0.2) is 4.79 Å². The average Bonchev–Trinajstić information content (AvgIpc) is 3.00. The van der Waals surface area contributed by atoms with Crippen molar-refractivity contribution in [2.45, 2.75) is 38.1 Å². The molecule has 1 aliphatic rings. The Kier molecular flexibility index (Phi) is 8.28. The topological polar surface area (TPSA) is 171 Å². The summed E-state index contributed by atoms with van der Waals surface area (Å²) in [6.45, 7) is -2.24. The zero-order valence-electron chi connectivity index (χ0n) is 14.7. The third kappa shape index (κ3) is 6.09. The fraction of sp³-hybridized carbons (Fsp3) is 0.615. The van der Waals surface area contributed by atoms with Crippen molar-refractivity contribution in [3.63, 3.8) is 0 Å². The van der Waals surface area contributed by atoms with Crippen LogP contribution in [0.4, 0.5) is 0 Å². The molecular formula is C13H23N4O7PS. The molecule has 1 fully saturated rings. The van der Waals surface area contributed by atoms with Crippen molar-refractivity contribution in [3.8, 4) is 0 Å². The van der Waals surface area contributed by atoms with Gasteiger partial charge in [0.1, 0.15) is 12.3 Å². The lowest BCUT2D eigenvalue weighted by Crippen LogP contribution is -2.37. The first-order valence-electron chi connectivity index (χ1n) is 7.50. The monoisotopic (exact) mass is 410 g/mol. The van der Waals surface area contributed by atoms with E-state index >= 15 is 0 Å². The second-order valence-electron chi connectivity index (χ2n) is 5.47. The Labute approximate surface area is 154 Å². The van der Waals surface area contributed by atoms with Crippen LogP contribution in [-0.2, 0) is 30.6 Å². The number of methoxy groups -OCH3 is 1. The lowest BCUT2D eigenvalue weighted by Gasteiger charge is -2.32. The van der Waals surface area contributed by atoms with Gasteiger partial charge in [0.2, 0.25) is 0 Å². The number of ether oxygens (including phenoxy) is 2. The van der Waals surface area contributed by atoms with Gasteiger partial charge in [0.25, 0.3) is 5.56 Å². The number of aromatic amines is 1. The molecular weight excluding hydrogens is 387 g/mol. The van der Waals surface area contributed by atoms with E-state index in [0.717, 1.165) is 0 Å². The molecule has 0 saturated carbocycles. The molecule has 0 aromatic carbocycles. The Morgan fingerprint density at radius 1 is 1.58 bits per heavy atom. The van der Waals surface area contributed by atoms with Gasteiger partial charge in [0.05, 0.1) is 26.5 Å². The molecule has 6 N–H and O–H groups in total. The fourth-order valence-electron chi connectivity index (χ4n) is 2.35. The quantitative estimate of drug-likeness (QED) is 0.390. The van der Waals surface area contributed by atoms with E-state index in [1.165, 1.54) is 30.9 Å². The molecule has 1 unspecified atom stereocenters. The first-order chi connectivity index (χ1) is 11.7. The first kappa shape index (κ1) is 22.6. The molecule has 1 aromatic heterocycles. The first-order valence-corrected chi connectivity index (χ1v) is 10.1. The van der Waals surface area contributed by atoms with Gasteiger partial charge in [-0.05, 0) is 19.8 Å². The van der Waals surface area contributed by atoms with Gasteiger partial charge in [0.15, 0.2) is 0 Å². The predicted molar refractivity (Wildman–Crippen MR) is 95.3 cm³/mol. The van der Waals surface area contributed by atoms with Gasteiger partial charge in [0, 0.05) is 12.3 Å². The third-order valence-corrected chi connectivity index (χ3v) is 5.41. The molecule has 26 heavy (non-hydrogen) atoms. The smallest absolute Gasteiger partial charge is 0.330 e. The third-order valence-electron chi connectivity index (χ3n) is 3.58. The molecule has 13 heteroatoms. The maximum Gasteiger partial charge on any atom is 0.330 e. The second kappa shape index (κ2) is 9.51. The summed E-state index contributed by atoms with van der Waals surface area (Å²) in [5, 5.41) is 2.41. The molecule has 1 aromatic rings. The van der Waals surface area contributed by atoms with Gasteiger partial charge in [-0.15, -0.1) is 0 Å². The standard InChI is InChI=1S/C13H20N3O7PS.H3N/c1-8(12(18)21-2)15-24(20,25)22-7-9-3-4-11(23-9)16-6-5-10(17)14-13(16)19;/h5-6,8-9,11H,3-4,7H2,1-2H3,(H,14,17,19)(H2,15,20,25);1H3/t8-,9-,11+,24?;/m0./s1. The zero-order valence-corrected chi connectivity index (χ0v) is 16.4. The lowest BCUT2D eigenvalue weighted by molar-refractivity contribution is -0.189. The van der Waals surface area contributed by atoms with E-state index in [0.29, 0.717) is 12.8 Å². The van der Waals surface area contributed by atoms with E-state index in [1.54, 1.807) is 0 Å². The van der Waals surface area contributed by atoms with Gasteiger partial charge in [-0.3, -0.25) is 24.2 Å². The number of H-pyrrole nitrogens is 1. The van der Waals surface area contributed by atoms with Crippen molar-refractivity contribution in [2.24, 2.45) is 0 Å². The Balaban J connectivity index is 0.00000338. The van der Waals surface area contributed by atoms with Crippen LogP contribution in [0.3, 0.4) is 0 Å². The lowest BCUT2D eigenvalue weighted by atomic mass is 10.2. The highest BCUT2D eigenvalue weighted by Gasteiger charge is 2.28. The van der Waals surface area contributed by atoms with Crippen molar-refractivity contribution in [1.29, 1.82) is 0 Å². The molecule has 0 radical (unpaired) electrons. The summed E-state index contributed by atoms with van der Waals surface area (Å²) in [4.78, 5) is 48.5. The maximum atomic E-state index is 12.2. The van der Waals surface area contributed by atoms with Crippen LogP contribution in [0.2, 0.25) is 0 Å². The number of esters is 1. The number of nitrogens with one attached hydrogen (secondary N) is 2. The SMILES string of the molecule is COC(=O)[C@H](C)NP([O-])(=S)OC[C@@H]1CC[C@H](n2ccc(=O)[nH]c2=O)O1.[NH4+]. The molecule has 2 rings (SSSR count). The number of rotatable bonds is 7. The van der Waals surface area contributed by atoms with E-state index in [9.17, 15) is 19.3 Å². The summed E-state index contributed by atoms with van der Waals surface area (Å²) in [5.41, 5.74) is -1.06. The minimum absolute atomic E-state index is 0. The van der Waals surface area contributed by atoms with Gasteiger partial charge < -0.3 is 25.0 Å². The van der Waals surface area contributed by atoms with Crippen molar-refractivity contribution >= 4 is 24.4 Å². The second-order valence-corrected chi connectivity index (χ2v) is 8.43. The molecule has 4 atom stereocenters. The van der Waals surface area contributed by atoms with Crippen molar-refractivity contribution < 1.29 is 23.7 Å². The van der Waals surface area contributed by atoms with Gasteiger partial charge >= 0.3 is 11.7 Å². The predicted octanol–water partition coefficient (Wildman–Crippen LogP) is -0.657. The van der Waals surface area contributed by atoms with Gasteiger partial charge in [-0.2, -0.15) is 0 Å². The highest BCUT2D eigenvalue weighted by atomic mass is 32.5. The van der Waals surface area contributed by atoms with Crippen LogP contribution in [0.1, 0.15) is 26.0 Å². The Morgan fingerprint density at radius 3 is 2.88 bits per heavy atom. The van der Waals surface area contributed by atoms with Crippen molar-refractivity contribution in [3.05, 3.63) is 33.1 Å². The zero-order chi connectivity index (χ0) is 18.6. The van der Waals surface area contributed by atoms with Crippen LogP contribution >= 0.6 is 6.64 Å². The van der Waals surface area contributed by atoms with Crippen LogP contribution in [0, 0.1) is 0 Å². The summed E-state index contributed by atoms with van der Waals surface area (Å²) in [6, 6.07) is 0.356. The molecule has 1 saturated heterocycles. The van der Waals surface area contributed by atoms with Crippen LogP contribution < -0.4 is 27.4 Å². The number of hydrogen-bond donors (Lipinski definition) is 3. The Bertz CT molecular complexity index is 782. The summed E-state index contributed by atoms with van der Waals surface area (Å²) in [6.07, 6.45) is 1.46. The van der Waals surface area contributed by atoms with E-state index in [-0.39, 0.29) is 12.8 Å². The number of quaternary nitrogens is 1. The Hall–Kier alpha value is -1.40. The summed E-state index contributed by atoms with van der Waals surface area (Å²) in [5.74, 6) is -0.608. The summed E-state index contributed by atoms with van der Waals surface area (Å²) >= 11 is 4.84. The van der Waals surface area contributed by atoms with E-state index in [1.807, 2.05) is 0 Å². The number of carbonyl (C=O) groups excluding carboxylic acids is 1. The summed E-state index contributed by atoms with van der Waals surface area (Å²) < 4.78 is 16.6. The van der Waals surface area contributed by atoms with Gasteiger partial charge in [-0.1, -0.05) is 11.8 Å². The minimum atomic E-state index is -3.64. The number of aromatic nitrogens is 2. The van der Waals surface area contributed by atoms with E-state index in [4.69, 9.17) is 21.1 Å². The molecule has 11 nitrogen and oxygen atoms in total. The highest BCUT2D eigenvalue weighted by molar-refractivity contribution is 8.07. The normalized spacial score (nSPS) is 22.9. The Morgan fingerprint density at radius 2 is 2.27 bits per heavy atom. The number of hydrogen-bond acceptors (Lipinski definition) is 8. The highest BCUT2D eigenvalue weighted by Crippen LogP contribution is 2.35.